The first-order valence-corrected chi connectivity index (χ1v) is 4.34. The summed E-state index contributed by atoms with van der Waals surface area (Å²) in [5, 5.41) is 36.4. The first kappa shape index (κ1) is 15.0. The molecule has 0 saturated carbocycles. The number of hydrogen-bond acceptors (Lipinski definition) is 6. The van der Waals surface area contributed by atoms with E-state index in [-0.39, 0.29) is 0 Å². The SMILES string of the molecule is O=C(C(O)(F)Cl)[C@](O)(Cl)[C@H](O)[C@H](O)CO. The smallest absolute Gasteiger partial charge is 0.348 e. The second kappa shape index (κ2) is 4.88. The fraction of sp³-hybridized carbons (Fsp3) is 0.833. The number of rotatable bonds is 5. The third-order valence-electron chi connectivity index (χ3n) is 1.54. The largest absolute Gasteiger partial charge is 0.394 e. The van der Waals surface area contributed by atoms with Gasteiger partial charge >= 0.3 is 5.31 Å². The van der Waals surface area contributed by atoms with Crippen molar-refractivity contribution in [3.05, 3.63) is 0 Å². The monoisotopic (exact) mass is 266 g/mol. The summed E-state index contributed by atoms with van der Waals surface area (Å²) in [6.45, 7) is -1.05. The van der Waals surface area contributed by atoms with Crippen LogP contribution in [0.4, 0.5) is 4.39 Å². The van der Waals surface area contributed by atoms with E-state index in [1.165, 1.54) is 0 Å². The number of aliphatic hydroxyl groups excluding tert-OH is 3. The van der Waals surface area contributed by atoms with Crippen LogP contribution in [0.2, 0.25) is 0 Å². The zero-order chi connectivity index (χ0) is 12.4. The molecule has 0 aliphatic rings. The van der Waals surface area contributed by atoms with Crippen LogP contribution in [0.1, 0.15) is 0 Å². The van der Waals surface area contributed by atoms with Crippen molar-refractivity contribution in [1.29, 1.82) is 0 Å². The summed E-state index contributed by atoms with van der Waals surface area (Å²) in [4.78, 5) is 10.9. The minimum absolute atomic E-state index is 1.05. The molecule has 5 N–H and O–H groups in total. The van der Waals surface area contributed by atoms with Gasteiger partial charge < -0.3 is 25.5 Å². The van der Waals surface area contributed by atoms with Gasteiger partial charge in [0.15, 0.2) is 0 Å². The van der Waals surface area contributed by atoms with Crippen LogP contribution in [0.5, 0.6) is 0 Å². The van der Waals surface area contributed by atoms with Crippen molar-refractivity contribution in [2.75, 3.05) is 6.61 Å². The predicted molar refractivity (Wildman–Crippen MR) is 46.8 cm³/mol. The number of carbonyl (C=O) groups is 1. The second-order valence-electron chi connectivity index (χ2n) is 2.74. The zero-order valence-electron chi connectivity index (χ0n) is 7.14. The molecule has 0 aliphatic carbocycles. The molecule has 0 aromatic carbocycles. The summed E-state index contributed by atoms with van der Waals surface area (Å²) in [6, 6.07) is 0. The Bertz CT molecular complexity index is 240. The van der Waals surface area contributed by atoms with Gasteiger partial charge in [0.05, 0.1) is 6.61 Å². The van der Waals surface area contributed by atoms with Gasteiger partial charge in [-0.15, -0.1) is 0 Å². The number of halogens is 3. The molecular weight excluding hydrogens is 258 g/mol. The minimum atomic E-state index is -3.99. The molecule has 0 rings (SSSR count). The molecule has 0 amide bonds. The van der Waals surface area contributed by atoms with Crippen LogP contribution >= 0.6 is 23.2 Å². The van der Waals surface area contributed by atoms with E-state index in [1.54, 1.807) is 0 Å². The molecule has 90 valence electrons. The highest BCUT2D eigenvalue weighted by atomic mass is 35.5. The summed E-state index contributed by atoms with van der Waals surface area (Å²) in [5.41, 5.74) is 0. The van der Waals surface area contributed by atoms with Crippen LogP contribution in [-0.2, 0) is 4.79 Å². The maximum Gasteiger partial charge on any atom is 0.348 e. The fourth-order valence-electron chi connectivity index (χ4n) is 0.700. The van der Waals surface area contributed by atoms with Gasteiger partial charge in [-0.1, -0.05) is 11.6 Å². The molecule has 0 spiro atoms. The highest BCUT2D eigenvalue weighted by Gasteiger charge is 2.53. The molecule has 9 heteroatoms. The fourth-order valence-corrected chi connectivity index (χ4v) is 1.16. The topological polar surface area (TPSA) is 118 Å². The van der Waals surface area contributed by atoms with E-state index >= 15 is 0 Å². The Hall–Kier alpha value is -0.0200. The molecule has 0 aliphatic heterocycles. The van der Waals surface area contributed by atoms with Gasteiger partial charge in [0.25, 0.3) is 5.78 Å². The maximum atomic E-state index is 12.5. The van der Waals surface area contributed by atoms with Crippen LogP contribution in [-0.4, -0.2) is 60.5 Å². The Morgan fingerprint density at radius 3 is 2.00 bits per heavy atom. The molecule has 1 unspecified atom stereocenters. The predicted octanol–water partition coefficient (Wildman–Crippen LogP) is -1.95. The first-order chi connectivity index (χ1) is 6.55. The zero-order valence-corrected chi connectivity index (χ0v) is 8.65. The van der Waals surface area contributed by atoms with Crippen molar-refractivity contribution in [3.63, 3.8) is 0 Å². The minimum Gasteiger partial charge on any atom is -0.394 e. The summed E-state index contributed by atoms with van der Waals surface area (Å²) < 4.78 is 12.5. The number of hydrogen-bond donors (Lipinski definition) is 5. The Balaban J connectivity index is 4.89. The van der Waals surface area contributed by atoms with E-state index in [0.717, 1.165) is 0 Å². The van der Waals surface area contributed by atoms with Crippen molar-refractivity contribution in [1.82, 2.24) is 0 Å². The highest BCUT2D eigenvalue weighted by molar-refractivity contribution is 6.42. The number of Topliss-reactive ketones (excluding diaryl/α,β-unsaturated/α-hetero) is 1. The highest BCUT2D eigenvalue weighted by Crippen LogP contribution is 2.29. The lowest BCUT2D eigenvalue weighted by atomic mass is 10.0. The number of alkyl halides is 3. The van der Waals surface area contributed by atoms with E-state index in [0.29, 0.717) is 0 Å². The van der Waals surface area contributed by atoms with Gasteiger partial charge in [-0.3, -0.25) is 4.79 Å². The Morgan fingerprint density at radius 1 is 1.33 bits per heavy atom. The third kappa shape index (κ3) is 3.49. The molecular formula is C6H9Cl2FO6. The molecule has 0 saturated heterocycles. The lowest BCUT2D eigenvalue weighted by molar-refractivity contribution is -0.169. The first-order valence-electron chi connectivity index (χ1n) is 3.58. The quantitative estimate of drug-likeness (QED) is 0.369. The number of carbonyl (C=O) groups excluding carboxylic acids is 1. The van der Waals surface area contributed by atoms with E-state index < -0.39 is 35.0 Å². The lowest BCUT2D eigenvalue weighted by Gasteiger charge is -2.29. The van der Waals surface area contributed by atoms with Crippen LogP contribution in [0.25, 0.3) is 0 Å². The van der Waals surface area contributed by atoms with Gasteiger partial charge in [-0.25, -0.2) is 0 Å². The van der Waals surface area contributed by atoms with Crippen molar-refractivity contribution < 1.29 is 34.7 Å². The van der Waals surface area contributed by atoms with E-state index in [1.807, 2.05) is 0 Å². The second-order valence-corrected chi connectivity index (χ2v) is 3.82. The number of aliphatic hydroxyl groups is 5. The lowest BCUT2D eigenvalue weighted by Crippen LogP contribution is -2.56. The maximum absolute atomic E-state index is 12.5. The van der Waals surface area contributed by atoms with Crippen LogP contribution in [0, 0.1) is 0 Å². The number of ketones is 1. The van der Waals surface area contributed by atoms with E-state index in [9.17, 15) is 9.18 Å². The van der Waals surface area contributed by atoms with Gasteiger partial charge in [0, 0.05) is 0 Å². The van der Waals surface area contributed by atoms with Gasteiger partial charge in [0.1, 0.15) is 12.2 Å². The average molecular weight is 267 g/mol. The van der Waals surface area contributed by atoms with Crippen LogP contribution < -0.4 is 0 Å². The molecule has 0 aromatic heterocycles. The van der Waals surface area contributed by atoms with Crippen molar-refractivity contribution >= 4 is 29.0 Å². The molecule has 6 nitrogen and oxygen atoms in total. The Morgan fingerprint density at radius 2 is 1.73 bits per heavy atom. The summed E-state index contributed by atoms with van der Waals surface area (Å²) in [6.07, 6.45) is -4.42. The standard InChI is InChI=1S/C6H9Cl2FO6/c7-5(14,3(12)2(11)1-10)4(13)6(8,9)15/h2-3,10-12,14-15H,1H2/t2-,3-,5+,6?/m1/s1. The molecule has 15 heavy (non-hydrogen) atoms. The molecule has 0 fully saturated rings. The van der Waals surface area contributed by atoms with Crippen molar-refractivity contribution in [2.24, 2.45) is 0 Å². The molecule has 0 heterocycles. The normalized spacial score (nSPS) is 23.7. The Labute approximate surface area is 93.5 Å². The van der Waals surface area contributed by atoms with Crippen LogP contribution in [0.3, 0.4) is 0 Å². The van der Waals surface area contributed by atoms with Gasteiger partial charge in [-0.2, -0.15) is 4.39 Å². The third-order valence-corrected chi connectivity index (χ3v) is 2.10. The van der Waals surface area contributed by atoms with Gasteiger partial charge in [0.2, 0.25) is 5.06 Å². The average Bonchev–Trinajstić information content (AvgIpc) is 2.12. The van der Waals surface area contributed by atoms with Crippen molar-refractivity contribution in [3.8, 4) is 0 Å². The van der Waals surface area contributed by atoms with E-state index in [2.05, 4.69) is 11.6 Å². The summed E-state index contributed by atoms with van der Waals surface area (Å²) in [7, 11) is 0. The molecule has 0 aromatic rings. The molecule has 0 radical (unpaired) electrons. The van der Waals surface area contributed by atoms with E-state index in [4.69, 9.17) is 37.1 Å². The Kier molecular flexibility index (Phi) is 4.87. The summed E-state index contributed by atoms with van der Waals surface area (Å²) >= 11 is 9.50. The molecule has 0 bridgehead atoms. The van der Waals surface area contributed by atoms with Crippen LogP contribution in [0.15, 0.2) is 0 Å². The van der Waals surface area contributed by atoms with Gasteiger partial charge in [-0.05, 0) is 11.6 Å². The summed E-state index contributed by atoms with van der Waals surface area (Å²) in [5.74, 6) is -2.17. The molecule has 4 atom stereocenters. The van der Waals surface area contributed by atoms with Crippen molar-refractivity contribution in [2.45, 2.75) is 22.6 Å².